The maximum Gasteiger partial charge on any atom is 0.101 e. The molecule has 3 aromatic rings. The van der Waals surface area contributed by atoms with Crippen LogP contribution in [0.25, 0.3) is 10.8 Å². The van der Waals surface area contributed by atoms with Crippen LogP contribution in [-0.2, 0) is 0 Å². The molecule has 0 fully saturated rings. The van der Waals surface area contributed by atoms with Crippen LogP contribution in [0.1, 0.15) is 5.56 Å². The molecule has 88 valence electrons. The van der Waals surface area contributed by atoms with Gasteiger partial charge in [-0.05, 0) is 30.5 Å². The SMILES string of the molecule is Cc1ccc(Sc2cc3ccccc3cn2)cc1. The second-order valence-electron chi connectivity index (χ2n) is 4.28. The lowest BCUT2D eigenvalue weighted by molar-refractivity contribution is 1.15. The quantitative estimate of drug-likeness (QED) is 0.655. The lowest BCUT2D eigenvalue weighted by Gasteiger charge is -2.03. The first kappa shape index (κ1) is 11.3. The van der Waals surface area contributed by atoms with Gasteiger partial charge in [-0.25, -0.2) is 4.98 Å². The van der Waals surface area contributed by atoms with Crippen LogP contribution >= 0.6 is 11.8 Å². The lowest BCUT2D eigenvalue weighted by atomic mass is 10.2. The van der Waals surface area contributed by atoms with Crippen LogP contribution in [0.15, 0.2) is 70.7 Å². The number of hydrogen-bond acceptors (Lipinski definition) is 2. The number of rotatable bonds is 2. The van der Waals surface area contributed by atoms with E-state index in [1.807, 2.05) is 12.3 Å². The van der Waals surface area contributed by atoms with Gasteiger partial charge in [0.25, 0.3) is 0 Å². The first-order chi connectivity index (χ1) is 8.81. The summed E-state index contributed by atoms with van der Waals surface area (Å²) in [5.74, 6) is 0. The molecule has 2 aromatic carbocycles. The average Bonchev–Trinajstić information content (AvgIpc) is 2.41. The lowest BCUT2D eigenvalue weighted by Crippen LogP contribution is -1.81. The van der Waals surface area contributed by atoms with Crippen molar-refractivity contribution in [2.45, 2.75) is 16.8 Å². The summed E-state index contributed by atoms with van der Waals surface area (Å²) in [5, 5.41) is 3.46. The van der Waals surface area contributed by atoms with Gasteiger partial charge < -0.3 is 0 Å². The summed E-state index contributed by atoms with van der Waals surface area (Å²) in [7, 11) is 0. The summed E-state index contributed by atoms with van der Waals surface area (Å²) >= 11 is 1.70. The Labute approximate surface area is 111 Å². The normalized spacial score (nSPS) is 10.7. The van der Waals surface area contributed by atoms with Crippen LogP contribution in [0.3, 0.4) is 0 Å². The second-order valence-corrected chi connectivity index (χ2v) is 5.38. The monoisotopic (exact) mass is 251 g/mol. The van der Waals surface area contributed by atoms with Crippen molar-refractivity contribution in [3.05, 3.63) is 66.4 Å². The summed E-state index contributed by atoms with van der Waals surface area (Å²) < 4.78 is 0. The smallest absolute Gasteiger partial charge is 0.101 e. The Morgan fingerprint density at radius 2 is 1.61 bits per heavy atom. The molecule has 0 aliphatic heterocycles. The topological polar surface area (TPSA) is 12.9 Å². The van der Waals surface area contributed by atoms with Gasteiger partial charge in [-0.2, -0.15) is 0 Å². The van der Waals surface area contributed by atoms with Crippen LogP contribution in [-0.4, -0.2) is 4.98 Å². The van der Waals surface area contributed by atoms with Crippen LogP contribution in [0.2, 0.25) is 0 Å². The molecule has 0 atom stereocenters. The van der Waals surface area contributed by atoms with Crippen molar-refractivity contribution in [1.82, 2.24) is 4.98 Å². The zero-order chi connectivity index (χ0) is 12.4. The molecule has 0 radical (unpaired) electrons. The second kappa shape index (κ2) is 4.83. The van der Waals surface area contributed by atoms with Gasteiger partial charge in [0, 0.05) is 16.5 Å². The first-order valence-corrected chi connectivity index (χ1v) is 6.72. The molecule has 1 heterocycles. The molecular weight excluding hydrogens is 238 g/mol. The molecule has 0 bridgehead atoms. The highest BCUT2D eigenvalue weighted by molar-refractivity contribution is 7.99. The van der Waals surface area contributed by atoms with Crippen molar-refractivity contribution in [2.75, 3.05) is 0 Å². The third-order valence-corrected chi connectivity index (χ3v) is 3.79. The predicted molar refractivity (Wildman–Crippen MR) is 77.0 cm³/mol. The number of nitrogens with zero attached hydrogens (tertiary/aromatic N) is 1. The van der Waals surface area contributed by atoms with E-state index >= 15 is 0 Å². The fourth-order valence-corrected chi connectivity index (χ4v) is 2.65. The number of aromatic nitrogens is 1. The molecule has 0 unspecified atom stereocenters. The molecule has 2 heteroatoms. The van der Waals surface area contributed by atoms with Crippen molar-refractivity contribution in [3.63, 3.8) is 0 Å². The fraction of sp³-hybridized carbons (Fsp3) is 0.0625. The Morgan fingerprint density at radius 3 is 2.39 bits per heavy atom. The first-order valence-electron chi connectivity index (χ1n) is 5.90. The molecule has 0 saturated heterocycles. The molecule has 0 spiro atoms. The van der Waals surface area contributed by atoms with Crippen molar-refractivity contribution in [1.29, 1.82) is 0 Å². The van der Waals surface area contributed by atoms with Gasteiger partial charge in [-0.3, -0.25) is 0 Å². The van der Waals surface area contributed by atoms with Crippen molar-refractivity contribution < 1.29 is 0 Å². The Morgan fingerprint density at radius 1 is 0.889 bits per heavy atom. The maximum absolute atomic E-state index is 4.49. The third kappa shape index (κ3) is 2.39. The van der Waals surface area contributed by atoms with Crippen molar-refractivity contribution in [3.8, 4) is 0 Å². The van der Waals surface area contributed by atoms with Gasteiger partial charge in [0.1, 0.15) is 5.03 Å². The van der Waals surface area contributed by atoms with Crippen LogP contribution < -0.4 is 0 Å². The number of aryl methyl sites for hydroxylation is 1. The zero-order valence-corrected chi connectivity index (χ0v) is 10.9. The summed E-state index contributed by atoms with van der Waals surface area (Å²) in [6.45, 7) is 2.10. The van der Waals surface area contributed by atoms with E-state index < -0.39 is 0 Å². The molecule has 0 saturated carbocycles. The summed E-state index contributed by atoms with van der Waals surface area (Å²) in [5.41, 5.74) is 1.28. The number of hydrogen-bond donors (Lipinski definition) is 0. The van der Waals surface area contributed by atoms with E-state index in [4.69, 9.17) is 0 Å². The molecule has 18 heavy (non-hydrogen) atoms. The third-order valence-electron chi connectivity index (χ3n) is 2.85. The highest BCUT2D eigenvalue weighted by atomic mass is 32.2. The molecule has 1 aromatic heterocycles. The molecule has 0 aliphatic carbocycles. The van der Waals surface area contributed by atoms with Crippen molar-refractivity contribution in [2.24, 2.45) is 0 Å². The van der Waals surface area contributed by atoms with E-state index in [0.29, 0.717) is 0 Å². The minimum Gasteiger partial charge on any atom is -0.249 e. The van der Waals surface area contributed by atoms with Gasteiger partial charge in [0.05, 0.1) is 0 Å². The van der Waals surface area contributed by atoms with E-state index in [1.165, 1.54) is 21.2 Å². The fourth-order valence-electron chi connectivity index (χ4n) is 1.85. The zero-order valence-electron chi connectivity index (χ0n) is 10.1. The van der Waals surface area contributed by atoms with Crippen LogP contribution in [0, 0.1) is 6.92 Å². The Kier molecular flexibility index (Phi) is 3.03. The van der Waals surface area contributed by atoms with Gasteiger partial charge in [-0.15, -0.1) is 0 Å². The predicted octanol–water partition coefficient (Wildman–Crippen LogP) is 4.69. The van der Waals surface area contributed by atoms with E-state index in [0.717, 1.165) is 5.03 Å². The van der Waals surface area contributed by atoms with Crippen LogP contribution in [0.5, 0.6) is 0 Å². The highest BCUT2D eigenvalue weighted by Gasteiger charge is 2.00. The highest BCUT2D eigenvalue weighted by Crippen LogP contribution is 2.28. The van der Waals surface area contributed by atoms with Gasteiger partial charge in [-0.1, -0.05) is 53.7 Å². The van der Waals surface area contributed by atoms with E-state index in [2.05, 4.69) is 60.4 Å². The Balaban J connectivity index is 1.92. The van der Waals surface area contributed by atoms with Gasteiger partial charge in [0.15, 0.2) is 0 Å². The van der Waals surface area contributed by atoms with E-state index in [9.17, 15) is 0 Å². The number of pyridine rings is 1. The molecule has 1 nitrogen and oxygen atoms in total. The minimum atomic E-state index is 1.04. The minimum absolute atomic E-state index is 1.04. The molecular formula is C16H13NS. The number of benzene rings is 2. The standard InChI is InChI=1S/C16H13NS/c1-12-6-8-15(9-7-12)18-16-10-13-4-2-3-5-14(13)11-17-16/h2-11H,1H3. The largest absolute Gasteiger partial charge is 0.249 e. The summed E-state index contributed by atoms with van der Waals surface area (Å²) in [6, 6.07) is 19.0. The Bertz CT molecular complexity index is 674. The van der Waals surface area contributed by atoms with E-state index in [-0.39, 0.29) is 0 Å². The summed E-state index contributed by atoms with van der Waals surface area (Å²) in [6.07, 6.45) is 1.94. The van der Waals surface area contributed by atoms with Crippen LogP contribution in [0.4, 0.5) is 0 Å². The summed E-state index contributed by atoms with van der Waals surface area (Å²) in [4.78, 5) is 5.71. The number of fused-ring (bicyclic) bond motifs is 1. The molecule has 0 amide bonds. The maximum atomic E-state index is 4.49. The van der Waals surface area contributed by atoms with Gasteiger partial charge in [0.2, 0.25) is 0 Å². The average molecular weight is 251 g/mol. The Hall–Kier alpha value is -1.80. The molecule has 0 N–H and O–H groups in total. The molecule has 3 rings (SSSR count). The van der Waals surface area contributed by atoms with Gasteiger partial charge >= 0.3 is 0 Å². The van der Waals surface area contributed by atoms with E-state index in [1.54, 1.807) is 11.8 Å². The van der Waals surface area contributed by atoms with Crippen molar-refractivity contribution >= 4 is 22.5 Å². The molecule has 0 aliphatic rings.